The Hall–Kier alpha value is -1.89. The Balaban J connectivity index is 1.79. The van der Waals surface area contributed by atoms with Crippen LogP contribution in [0.25, 0.3) is 5.69 Å². The summed E-state index contributed by atoms with van der Waals surface area (Å²) in [6.45, 7) is 7.75. The minimum Gasteiger partial charge on any atom is -0.342 e. The molecule has 23 heavy (non-hydrogen) atoms. The summed E-state index contributed by atoms with van der Waals surface area (Å²) in [7, 11) is 0. The molecule has 1 unspecified atom stereocenters. The van der Waals surface area contributed by atoms with E-state index in [1.54, 1.807) is 4.68 Å². The zero-order valence-corrected chi connectivity index (χ0v) is 14.5. The molecule has 122 valence electrons. The molecule has 2 aromatic rings. The summed E-state index contributed by atoms with van der Waals surface area (Å²) in [6.07, 6.45) is 2.20. The Bertz CT molecular complexity index is 688. The number of likely N-dealkylation sites (tertiary alicyclic amines) is 1. The number of thioether (sulfide) groups is 1. The zero-order valence-electron chi connectivity index (χ0n) is 13.7. The SMILES string of the molecule is Cc1cc(C)cc(-n2nnnc2SC(C)C(=O)N2CCCC2)c1. The number of benzene rings is 1. The van der Waals surface area contributed by atoms with Crippen LogP contribution in [0.5, 0.6) is 0 Å². The van der Waals surface area contributed by atoms with E-state index < -0.39 is 0 Å². The largest absolute Gasteiger partial charge is 0.342 e. The van der Waals surface area contributed by atoms with E-state index in [-0.39, 0.29) is 11.2 Å². The molecule has 2 heterocycles. The van der Waals surface area contributed by atoms with E-state index in [1.165, 1.54) is 11.8 Å². The van der Waals surface area contributed by atoms with Crippen LogP contribution in [0.3, 0.4) is 0 Å². The van der Waals surface area contributed by atoms with Gasteiger partial charge < -0.3 is 4.90 Å². The van der Waals surface area contributed by atoms with Crippen LogP contribution >= 0.6 is 11.8 Å². The van der Waals surface area contributed by atoms with Crippen LogP contribution in [0.1, 0.15) is 30.9 Å². The second-order valence-corrected chi connectivity index (χ2v) is 7.32. The van der Waals surface area contributed by atoms with Crippen LogP contribution in [-0.4, -0.2) is 49.4 Å². The molecule has 1 aromatic carbocycles. The molecular weight excluding hydrogens is 310 g/mol. The van der Waals surface area contributed by atoms with Crippen molar-refractivity contribution in [1.82, 2.24) is 25.1 Å². The molecule has 1 aromatic heterocycles. The number of amides is 1. The van der Waals surface area contributed by atoms with Gasteiger partial charge in [-0.2, -0.15) is 4.68 Å². The van der Waals surface area contributed by atoms with E-state index in [1.807, 2.05) is 37.8 Å². The molecule has 3 rings (SSSR count). The molecule has 1 fully saturated rings. The first-order valence-corrected chi connectivity index (χ1v) is 8.75. The fourth-order valence-corrected chi connectivity index (χ4v) is 3.78. The molecular formula is C16H21N5OS. The predicted octanol–water partition coefficient (Wildman–Crippen LogP) is 2.38. The topological polar surface area (TPSA) is 63.9 Å². The quantitative estimate of drug-likeness (QED) is 0.805. The molecule has 1 amide bonds. The number of aryl methyl sites for hydroxylation is 2. The number of rotatable bonds is 4. The Morgan fingerprint density at radius 3 is 2.48 bits per heavy atom. The number of carbonyl (C=O) groups excluding carboxylic acids is 1. The predicted molar refractivity (Wildman–Crippen MR) is 89.8 cm³/mol. The zero-order chi connectivity index (χ0) is 16.4. The first-order valence-electron chi connectivity index (χ1n) is 7.87. The molecule has 0 spiro atoms. The van der Waals surface area contributed by atoms with Gasteiger partial charge in [0.25, 0.3) is 0 Å². The van der Waals surface area contributed by atoms with E-state index >= 15 is 0 Å². The summed E-state index contributed by atoms with van der Waals surface area (Å²) >= 11 is 1.41. The van der Waals surface area contributed by atoms with Crippen molar-refractivity contribution >= 4 is 17.7 Å². The summed E-state index contributed by atoms with van der Waals surface area (Å²) in [4.78, 5) is 14.4. The van der Waals surface area contributed by atoms with Gasteiger partial charge in [-0.15, -0.1) is 5.10 Å². The van der Waals surface area contributed by atoms with Gasteiger partial charge in [-0.1, -0.05) is 17.8 Å². The van der Waals surface area contributed by atoms with Gasteiger partial charge in [0, 0.05) is 13.1 Å². The Labute approximate surface area is 140 Å². The van der Waals surface area contributed by atoms with Crippen molar-refractivity contribution in [3.63, 3.8) is 0 Å². The average molecular weight is 331 g/mol. The van der Waals surface area contributed by atoms with Crippen LogP contribution in [0, 0.1) is 13.8 Å². The molecule has 7 heteroatoms. The number of aromatic nitrogens is 4. The van der Waals surface area contributed by atoms with Crippen molar-refractivity contribution in [2.75, 3.05) is 13.1 Å². The van der Waals surface area contributed by atoms with Gasteiger partial charge in [-0.05, 0) is 67.3 Å². The van der Waals surface area contributed by atoms with Crippen molar-refractivity contribution in [2.45, 2.75) is 44.0 Å². The van der Waals surface area contributed by atoms with Crippen molar-refractivity contribution in [2.24, 2.45) is 0 Å². The third kappa shape index (κ3) is 3.55. The van der Waals surface area contributed by atoms with Crippen LogP contribution in [0.4, 0.5) is 0 Å². The van der Waals surface area contributed by atoms with E-state index in [0.717, 1.165) is 42.7 Å². The Kier molecular flexibility index (Phi) is 4.66. The fourth-order valence-electron chi connectivity index (χ4n) is 2.89. The Morgan fingerprint density at radius 1 is 1.17 bits per heavy atom. The maximum absolute atomic E-state index is 12.5. The molecule has 0 saturated carbocycles. The monoisotopic (exact) mass is 331 g/mol. The summed E-state index contributed by atoms with van der Waals surface area (Å²) in [5, 5.41) is 12.4. The number of tetrazole rings is 1. The molecule has 0 radical (unpaired) electrons. The average Bonchev–Trinajstić information content (AvgIpc) is 3.16. The normalized spacial score (nSPS) is 15.9. The molecule has 1 atom stereocenters. The van der Waals surface area contributed by atoms with Crippen LogP contribution < -0.4 is 0 Å². The summed E-state index contributed by atoms with van der Waals surface area (Å²) < 4.78 is 1.71. The summed E-state index contributed by atoms with van der Waals surface area (Å²) in [6, 6.07) is 6.20. The van der Waals surface area contributed by atoms with Crippen LogP contribution in [0.2, 0.25) is 0 Å². The second kappa shape index (κ2) is 6.70. The lowest BCUT2D eigenvalue weighted by atomic mass is 10.1. The molecule has 1 aliphatic rings. The van der Waals surface area contributed by atoms with Gasteiger partial charge in [0.1, 0.15) is 0 Å². The summed E-state index contributed by atoms with van der Waals surface area (Å²) in [5.74, 6) is 0.169. The smallest absolute Gasteiger partial charge is 0.235 e. The first kappa shape index (κ1) is 16.0. The first-order chi connectivity index (χ1) is 11.0. The van der Waals surface area contributed by atoms with E-state index in [4.69, 9.17) is 0 Å². The number of nitrogens with zero attached hydrogens (tertiary/aromatic N) is 5. The van der Waals surface area contributed by atoms with Crippen molar-refractivity contribution in [3.8, 4) is 5.69 Å². The van der Waals surface area contributed by atoms with Crippen molar-refractivity contribution in [1.29, 1.82) is 0 Å². The lowest BCUT2D eigenvalue weighted by Gasteiger charge is -2.19. The minimum absolute atomic E-state index is 0.169. The highest BCUT2D eigenvalue weighted by atomic mass is 32.2. The Morgan fingerprint density at radius 2 is 1.83 bits per heavy atom. The third-order valence-corrected chi connectivity index (χ3v) is 4.96. The molecule has 1 aliphatic heterocycles. The van der Waals surface area contributed by atoms with Crippen molar-refractivity contribution < 1.29 is 4.79 Å². The summed E-state index contributed by atoms with van der Waals surface area (Å²) in [5.41, 5.74) is 3.25. The van der Waals surface area contributed by atoms with E-state index in [9.17, 15) is 4.79 Å². The van der Waals surface area contributed by atoms with Crippen LogP contribution in [0.15, 0.2) is 23.4 Å². The molecule has 6 nitrogen and oxygen atoms in total. The second-order valence-electron chi connectivity index (χ2n) is 6.01. The lowest BCUT2D eigenvalue weighted by Crippen LogP contribution is -2.34. The number of hydrogen-bond acceptors (Lipinski definition) is 5. The number of hydrogen-bond donors (Lipinski definition) is 0. The van der Waals surface area contributed by atoms with Gasteiger partial charge in [-0.3, -0.25) is 4.79 Å². The molecule has 0 aliphatic carbocycles. The standard InChI is InChI=1S/C16H21N5OS/c1-11-8-12(2)10-14(9-11)21-16(17-18-19-21)23-13(3)15(22)20-6-4-5-7-20/h8-10,13H,4-7H2,1-3H3. The highest BCUT2D eigenvalue weighted by molar-refractivity contribution is 8.00. The van der Waals surface area contributed by atoms with Gasteiger partial charge >= 0.3 is 0 Å². The molecule has 1 saturated heterocycles. The van der Waals surface area contributed by atoms with Gasteiger partial charge in [0.15, 0.2) is 0 Å². The highest BCUT2D eigenvalue weighted by Gasteiger charge is 2.25. The third-order valence-electron chi connectivity index (χ3n) is 3.94. The van der Waals surface area contributed by atoms with Gasteiger partial charge in [-0.25, -0.2) is 0 Å². The number of carbonyl (C=O) groups is 1. The van der Waals surface area contributed by atoms with E-state index in [2.05, 4.69) is 21.6 Å². The van der Waals surface area contributed by atoms with Crippen LogP contribution in [-0.2, 0) is 4.79 Å². The van der Waals surface area contributed by atoms with Crippen molar-refractivity contribution in [3.05, 3.63) is 29.3 Å². The fraction of sp³-hybridized carbons (Fsp3) is 0.500. The highest BCUT2D eigenvalue weighted by Crippen LogP contribution is 2.25. The van der Waals surface area contributed by atoms with Gasteiger partial charge in [0.2, 0.25) is 11.1 Å². The molecule has 0 N–H and O–H groups in total. The van der Waals surface area contributed by atoms with E-state index in [0.29, 0.717) is 5.16 Å². The maximum Gasteiger partial charge on any atom is 0.235 e. The van der Waals surface area contributed by atoms with Gasteiger partial charge in [0.05, 0.1) is 10.9 Å². The maximum atomic E-state index is 12.5. The lowest BCUT2D eigenvalue weighted by molar-refractivity contribution is -0.129. The minimum atomic E-state index is -0.191. The molecule has 0 bridgehead atoms.